The number of amides is 2. The first-order valence-electron chi connectivity index (χ1n) is 10.5. The predicted molar refractivity (Wildman–Crippen MR) is 122 cm³/mol. The lowest BCUT2D eigenvalue weighted by atomic mass is 10.0. The van der Waals surface area contributed by atoms with Crippen molar-refractivity contribution in [2.45, 2.75) is 36.5 Å². The number of nitrogens with one attached hydrogen (secondary N) is 1. The highest BCUT2D eigenvalue weighted by molar-refractivity contribution is 7.98. The third kappa shape index (κ3) is 5.39. The number of aryl methyl sites for hydroxylation is 1. The molecular formula is C25H26N2O3S. The van der Waals surface area contributed by atoms with Crippen molar-refractivity contribution in [2.24, 2.45) is 0 Å². The van der Waals surface area contributed by atoms with Crippen LogP contribution in [0.3, 0.4) is 0 Å². The van der Waals surface area contributed by atoms with E-state index in [1.807, 2.05) is 54.3 Å². The molecule has 1 N–H and O–H groups in total. The minimum Gasteiger partial charge on any atom is -0.459 e. The Morgan fingerprint density at radius 1 is 1.03 bits per heavy atom. The van der Waals surface area contributed by atoms with Gasteiger partial charge in [-0.15, -0.1) is 11.8 Å². The van der Waals surface area contributed by atoms with Crippen molar-refractivity contribution < 1.29 is 14.0 Å². The Morgan fingerprint density at radius 2 is 1.74 bits per heavy atom. The van der Waals surface area contributed by atoms with Crippen LogP contribution in [0.1, 0.15) is 44.9 Å². The Bertz CT molecular complexity index is 1020. The number of benzene rings is 2. The van der Waals surface area contributed by atoms with E-state index in [2.05, 4.69) is 17.4 Å². The van der Waals surface area contributed by atoms with Crippen molar-refractivity contribution in [3.63, 3.8) is 0 Å². The molecule has 0 radical (unpaired) electrons. The highest BCUT2D eigenvalue weighted by Crippen LogP contribution is 2.24. The van der Waals surface area contributed by atoms with Crippen LogP contribution in [0.4, 0.5) is 0 Å². The van der Waals surface area contributed by atoms with Crippen molar-refractivity contribution in [2.75, 3.05) is 13.1 Å². The topological polar surface area (TPSA) is 62.6 Å². The van der Waals surface area contributed by atoms with Crippen molar-refractivity contribution in [1.29, 1.82) is 0 Å². The normalized spacial score (nSPS) is 14.4. The second-order valence-electron chi connectivity index (χ2n) is 7.77. The van der Waals surface area contributed by atoms with E-state index < -0.39 is 0 Å². The maximum atomic E-state index is 12.9. The SMILES string of the molecule is Cc1ccoc1C(=O)NC1CCN(C(=O)c2ccc(SCc3ccccc3)cc2)CC1. The van der Waals surface area contributed by atoms with Gasteiger partial charge in [0.05, 0.1) is 6.26 Å². The summed E-state index contributed by atoms with van der Waals surface area (Å²) in [5, 5.41) is 3.02. The van der Waals surface area contributed by atoms with Gasteiger partial charge in [0.15, 0.2) is 5.76 Å². The number of carbonyl (C=O) groups is 2. The summed E-state index contributed by atoms with van der Waals surface area (Å²) < 4.78 is 5.26. The molecule has 0 bridgehead atoms. The van der Waals surface area contributed by atoms with Gasteiger partial charge in [0.2, 0.25) is 0 Å². The summed E-state index contributed by atoms with van der Waals surface area (Å²) in [5.74, 6) is 1.14. The van der Waals surface area contributed by atoms with Crippen LogP contribution in [-0.2, 0) is 5.75 Å². The molecule has 0 aliphatic carbocycles. The van der Waals surface area contributed by atoms with Crippen LogP contribution in [0.5, 0.6) is 0 Å². The fraction of sp³-hybridized carbons (Fsp3) is 0.280. The summed E-state index contributed by atoms with van der Waals surface area (Å²) in [6.07, 6.45) is 3.00. The Morgan fingerprint density at radius 3 is 2.39 bits per heavy atom. The van der Waals surface area contributed by atoms with Crippen LogP contribution in [0.25, 0.3) is 0 Å². The van der Waals surface area contributed by atoms with E-state index in [0.717, 1.165) is 29.1 Å². The van der Waals surface area contributed by atoms with Crippen LogP contribution in [0.15, 0.2) is 76.2 Å². The lowest BCUT2D eigenvalue weighted by Crippen LogP contribution is -2.46. The molecule has 160 valence electrons. The Balaban J connectivity index is 1.26. The quantitative estimate of drug-likeness (QED) is 0.560. The first-order chi connectivity index (χ1) is 15.1. The van der Waals surface area contributed by atoms with E-state index >= 15 is 0 Å². The molecule has 5 nitrogen and oxygen atoms in total. The standard InChI is InChI=1S/C25H26N2O3S/c1-18-13-16-30-23(18)24(28)26-21-11-14-27(15-12-21)25(29)20-7-9-22(10-8-20)31-17-19-5-3-2-4-6-19/h2-10,13,16,21H,11-12,14-15,17H2,1H3,(H,26,28). The summed E-state index contributed by atoms with van der Waals surface area (Å²) in [6, 6.07) is 20.0. The van der Waals surface area contributed by atoms with Gasteiger partial charge in [-0.05, 0) is 55.7 Å². The molecule has 31 heavy (non-hydrogen) atoms. The number of furan rings is 1. The van der Waals surface area contributed by atoms with Gasteiger partial charge < -0.3 is 14.6 Å². The molecule has 0 atom stereocenters. The monoisotopic (exact) mass is 434 g/mol. The van der Waals surface area contributed by atoms with Crippen molar-refractivity contribution >= 4 is 23.6 Å². The van der Waals surface area contributed by atoms with E-state index in [-0.39, 0.29) is 17.9 Å². The second kappa shape index (κ2) is 9.88. The molecule has 2 heterocycles. The smallest absolute Gasteiger partial charge is 0.287 e. The molecule has 1 aliphatic heterocycles. The highest BCUT2D eigenvalue weighted by Gasteiger charge is 2.26. The molecule has 1 aromatic heterocycles. The number of carbonyl (C=O) groups excluding carboxylic acids is 2. The maximum absolute atomic E-state index is 12.9. The zero-order valence-corrected chi connectivity index (χ0v) is 18.4. The molecule has 0 saturated carbocycles. The molecular weight excluding hydrogens is 408 g/mol. The van der Waals surface area contributed by atoms with Crippen LogP contribution in [0, 0.1) is 6.92 Å². The average Bonchev–Trinajstić information content (AvgIpc) is 3.25. The number of hydrogen-bond acceptors (Lipinski definition) is 4. The number of likely N-dealkylation sites (tertiary alicyclic amines) is 1. The summed E-state index contributed by atoms with van der Waals surface area (Å²) in [5.41, 5.74) is 2.82. The molecule has 1 aliphatic rings. The number of rotatable bonds is 6. The van der Waals surface area contributed by atoms with E-state index in [1.165, 1.54) is 11.8 Å². The molecule has 0 unspecified atom stereocenters. The highest BCUT2D eigenvalue weighted by atomic mass is 32.2. The number of piperidine rings is 1. The molecule has 4 rings (SSSR count). The van der Waals surface area contributed by atoms with Crippen LogP contribution in [-0.4, -0.2) is 35.8 Å². The summed E-state index contributed by atoms with van der Waals surface area (Å²) in [4.78, 5) is 28.2. The fourth-order valence-electron chi connectivity index (χ4n) is 3.70. The molecule has 2 aromatic carbocycles. The zero-order chi connectivity index (χ0) is 21.6. The zero-order valence-electron chi connectivity index (χ0n) is 17.5. The number of nitrogens with zero attached hydrogens (tertiary/aromatic N) is 1. The van der Waals surface area contributed by atoms with Gasteiger partial charge in [0, 0.05) is 40.9 Å². The Labute approximate surface area is 186 Å². The fourth-order valence-corrected chi connectivity index (χ4v) is 4.55. The van der Waals surface area contributed by atoms with Gasteiger partial charge in [0.25, 0.3) is 11.8 Å². The van der Waals surface area contributed by atoms with Crippen LogP contribution < -0.4 is 5.32 Å². The number of hydrogen-bond donors (Lipinski definition) is 1. The molecule has 0 spiro atoms. The van der Waals surface area contributed by atoms with Gasteiger partial charge in [0.1, 0.15) is 0 Å². The third-order valence-electron chi connectivity index (χ3n) is 5.54. The van der Waals surface area contributed by atoms with Gasteiger partial charge >= 0.3 is 0 Å². The van der Waals surface area contributed by atoms with Crippen molar-refractivity contribution in [3.05, 3.63) is 89.4 Å². The van der Waals surface area contributed by atoms with E-state index in [1.54, 1.807) is 17.8 Å². The van der Waals surface area contributed by atoms with E-state index in [4.69, 9.17) is 4.42 Å². The largest absolute Gasteiger partial charge is 0.459 e. The summed E-state index contributed by atoms with van der Waals surface area (Å²) in [6.45, 7) is 3.11. The average molecular weight is 435 g/mol. The van der Waals surface area contributed by atoms with Gasteiger partial charge in [-0.25, -0.2) is 0 Å². The van der Waals surface area contributed by atoms with E-state index in [9.17, 15) is 9.59 Å². The summed E-state index contributed by atoms with van der Waals surface area (Å²) in [7, 11) is 0. The third-order valence-corrected chi connectivity index (χ3v) is 6.62. The molecule has 6 heteroatoms. The predicted octanol–water partition coefficient (Wildman–Crippen LogP) is 4.91. The minimum absolute atomic E-state index is 0.0475. The van der Waals surface area contributed by atoms with Gasteiger partial charge in [-0.2, -0.15) is 0 Å². The minimum atomic E-state index is -0.184. The molecule has 2 amide bonds. The van der Waals surface area contributed by atoms with Crippen LogP contribution >= 0.6 is 11.8 Å². The lowest BCUT2D eigenvalue weighted by Gasteiger charge is -2.32. The van der Waals surface area contributed by atoms with E-state index in [0.29, 0.717) is 24.4 Å². The Kier molecular flexibility index (Phi) is 6.77. The summed E-state index contributed by atoms with van der Waals surface area (Å²) >= 11 is 1.76. The van der Waals surface area contributed by atoms with Crippen LogP contribution in [0.2, 0.25) is 0 Å². The number of thioether (sulfide) groups is 1. The second-order valence-corrected chi connectivity index (χ2v) is 8.82. The van der Waals surface area contributed by atoms with Crippen molar-refractivity contribution in [1.82, 2.24) is 10.2 Å². The first kappa shape index (κ1) is 21.2. The maximum Gasteiger partial charge on any atom is 0.287 e. The molecule has 1 fully saturated rings. The van der Waals surface area contributed by atoms with Crippen molar-refractivity contribution in [3.8, 4) is 0 Å². The van der Waals surface area contributed by atoms with Gasteiger partial charge in [-0.1, -0.05) is 30.3 Å². The van der Waals surface area contributed by atoms with Gasteiger partial charge in [-0.3, -0.25) is 9.59 Å². The molecule has 1 saturated heterocycles. The first-order valence-corrected chi connectivity index (χ1v) is 11.5. The lowest BCUT2D eigenvalue weighted by molar-refractivity contribution is 0.0695. The Hall–Kier alpha value is -2.99. The molecule has 3 aromatic rings.